The molecule has 0 atom stereocenters. The van der Waals surface area contributed by atoms with Crippen molar-refractivity contribution < 1.29 is 4.42 Å². The number of para-hydroxylation sites is 1. The Morgan fingerprint density at radius 2 is 0.971 bits per heavy atom. The third-order valence-corrected chi connectivity index (χ3v) is 17.3. The lowest BCUT2D eigenvalue weighted by atomic mass is 9.43. The number of rotatable bonds is 4. The summed E-state index contributed by atoms with van der Waals surface area (Å²) in [5.74, 6) is 0. The molecule has 9 aromatic rings. The SMILES string of the molecule is Cc1cc2c(cc1N1c3cc(-c4ccccc4)ccc3B3c4c1cc1oc5ccccc5c1c4-c1cc4c(cc1N3c1ccc(-c3ccccc3)cc1)C(C)(C)CCC4(C)C)C(C)(C)CCC2(C)C. The van der Waals surface area contributed by atoms with Crippen LogP contribution in [0, 0.1) is 6.92 Å². The minimum Gasteiger partial charge on any atom is -0.456 e. The summed E-state index contributed by atoms with van der Waals surface area (Å²) in [5, 5.41) is 2.37. The van der Waals surface area contributed by atoms with Crippen LogP contribution in [0.1, 0.15) is 109 Å². The maximum Gasteiger partial charge on any atom is 0.333 e. The second-order valence-electron chi connectivity index (χ2n) is 23.5. The Labute approximate surface area is 408 Å². The molecular weight excluding hydrogens is 836 g/mol. The van der Waals surface area contributed by atoms with Gasteiger partial charge < -0.3 is 14.1 Å². The van der Waals surface area contributed by atoms with E-state index in [1.165, 1.54) is 118 Å². The molecule has 0 fully saturated rings. The zero-order valence-corrected chi connectivity index (χ0v) is 41.7. The van der Waals surface area contributed by atoms with Crippen LogP contribution in [0.5, 0.6) is 0 Å². The first-order valence-corrected chi connectivity index (χ1v) is 25.4. The fraction of sp³-hybridized carbons (Fsp3) is 0.262. The highest BCUT2D eigenvalue weighted by Gasteiger charge is 2.49. The van der Waals surface area contributed by atoms with Gasteiger partial charge in [-0.25, -0.2) is 0 Å². The van der Waals surface area contributed by atoms with Crippen LogP contribution in [0.15, 0.2) is 162 Å². The Morgan fingerprint density at radius 1 is 0.449 bits per heavy atom. The van der Waals surface area contributed by atoms with Crippen molar-refractivity contribution in [3.05, 3.63) is 186 Å². The van der Waals surface area contributed by atoms with Gasteiger partial charge in [0.1, 0.15) is 11.2 Å². The molecule has 8 aromatic carbocycles. The van der Waals surface area contributed by atoms with E-state index in [2.05, 4.69) is 230 Å². The van der Waals surface area contributed by atoms with Gasteiger partial charge in [0.05, 0.1) is 0 Å². The van der Waals surface area contributed by atoms with Crippen LogP contribution in [-0.2, 0) is 21.7 Å². The molecule has 13 rings (SSSR count). The summed E-state index contributed by atoms with van der Waals surface area (Å²) < 4.78 is 7.09. The third kappa shape index (κ3) is 6.26. The highest BCUT2D eigenvalue weighted by Crippen LogP contribution is 2.56. The van der Waals surface area contributed by atoms with E-state index in [0.717, 1.165) is 30.4 Å². The number of aryl methyl sites for hydroxylation is 1. The summed E-state index contributed by atoms with van der Waals surface area (Å²) in [7, 11) is 0. The van der Waals surface area contributed by atoms with Crippen molar-refractivity contribution in [1.82, 2.24) is 0 Å². The van der Waals surface area contributed by atoms with Crippen LogP contribution in [0.25, 0.3) is 55.3 Å². The number of hydrogen-bond donors (Lipinski definition) is 0. The van der Waals surface area contributed by atoms with Crippen LogP contribution < -0.4 is 20.6 Å². The van der Waals surface area contributed by atoms with Crippen LogP contribution in [0.4, 0.5) is 28.4 Å². The highest BCUT2D eigenvalue weighted by molar-refractivity contribution is 6.94. The molecule has 3 heterocycles. The standard InChI is InChI=1S/C65H61BN2O/c1-40-34-48-50(64(6,7)32-30-62(48,2)3)37-53(40)67-55-35-44(42-20-14-11-15-21-42)26-29-52(55)66-61-56(67)39-58-59(46-22-16-17-23-57(46)69-58)60(61)47-36-49-51(65(8,9)33-31-63(49,4)5)38-54(47)68(66)45-27-24-43(25-28-45)41-18-12-10-13-19-41/h10-29,34-39H,30-33H2,1-9H3. The molecule has 3 nitrogen and oxygen atoms in total. The highest BCUT2D eigenvalue weighted by atomic mass is 16.3. The minimum absolute atomic E-state index is 0.0125. The van der Waals surface area contributed by atoms with E-state index >= 15 is 0 Å². The molecule has 0 spiro atoms. The number of nitrogens with zero attached hydrogens (tertiary/aromatic N) is 2. The predicted octanol–water partition coefficient (Wildman–Crippen LogP) is 16.6. The first kappa shape index (κ1) is 42.3. The van der Waals surface area contributed by atoms with Gasteiger partial charge in [0, 0.05) is 50.8 Å². The average Bonchev–Trinajstić information content (AvgIpc) is 3.73. The molecule has 1 aromatic heterocycles. The number of hydrogen-bond acceptors (Lipinski definition) is 3. The van der Waals surface area contributed by atoms with Gasteiger partial charge >= 0.3 is 6.85 Å². The molecule has 340 valence electrons. The van der Waals surface area contributed by atoms with E-state index in [0.29, 0.717) is 0 Å². The smallest absolute Gasteiger partial charge is 0.333 e. The molecule has 0 N–H and O–H groups in total. The van der Waals surface area contributed by atoms with E-state index in [1.54, 1.807) is 0 Å². The van der Waals surface area contributed by atoms with Crippen LogP contribution in [0.3, 0.4) is 0 Å². The number of fused-ring (bicyclic) bond motifs is 10. The summed E-state index contributed by atoms with van der Waals surface area (Å²) in [6.07, 6.45) is 4.62. The third-order valence-electron chi connectivity index (χ3n) is 17.3. The predicted molar refractivity (Wildman–Crippen MR) is 294 cm³/mol. The molecule has 0 radical (unpaired) electrons. The van der Waals surface area contributed by atoms with Crippen molar-refractivity contribution in [3.63, 3.8) is 0 Å². The van der Waals surface area contributed by atoms with Crippen molar-refractivity contribution in [1.29, 1.82) is 0 Å². The molecule has 2 aliphatic heterocycles. The molecule has 4 aliphatic rings. The Kier molecular flexibility index (Phi) is 8.97. The van der Waals surface area contributed by atoms with Crippen molar-refractivity contribution in [3.8, 4) is 33.4 Å². The second-order valence-corrected chi connectivity index (χ2v) is 23.5. The lowest BCUT2D eigenvalue weighted by Gasteiger charge is -2.49. The van der Waals surface area contributed by atoms with Crippen molar-refractivity contribution in [2.45, 2.75) is 110 Å². The molecule has 0 bridgehead atoms. The molecule has 4 heteroatoms. The fourth-order valence-electron chi connectivity index (χ4n) is 13.0. The van der Waals surface area contributed by atoms with Crippen molar-refractivity contribution in [2.24, 2.45) is 0 Å². The minimum atomic E-state index is -0.148. The van der Waals surface area contributed by atoms with Crippen LogP contribution in [-0.4, -0.2) is 6.85 Å². The van der Waals surface area contributed by atoms with Gasteiger partial charge in [0.15, 0.2) is 0 Å². The molecule has 0 saturated carbocycles. The quantitative estimate of drug-likeness (QED) is 0.164. The monoisotopic (exact) mass is 896 g/mol. The number of furan rings is 1. The molecule has 0 saturated heterocycles. The maximum absolute atomic E-state index is 7.09. The Bertz CT molecular complexity index is 3580. The molecular formula is C65H61BN2O. The van der Waals surface area contributed by atoms with E-state index in [-0.39, 0.29) is 28.5 Å². The normalized spacial score (nSPS) is 17.8. The lowest BCUT2D eigenvalue weighted by molar-refractivity contribution is 0.332. The molecule has 0 amide bonds. The van der Waals surface area contributed by atoms with Crippen LogP contribution >= 0.6 is 0 Å². The second kappa shape index (κ2) is 14.6. The van der Waals surface area contributed by atoms with E-state index in [4.69, 9.17) is 4.42 Å². The Hall–Kier alpha value is -6.78. The summed E-state index contributed by atoms with van der Waals surface area (Å²) in [6.45, 7) is 21.9. The summed E-state index contributed by atoms with van der Waals surface area (Å²) in [6, 6.07) is 59.9. The topological polar surface area (TPSA) is 19.6 Å². The van der Waals surface area contributed by atoms with Crippen LogP contribution in [0.2, 0.25) is 0 Å². The van der Waals surface area contributed by atoms with Crippen molar-refractivity contribution >= 4 is 68.1 Å². The van der Waals surface area contributed by atoms with Gasteiger partial charge in [-0.3, -0.25) is 0 Å². The van der Waals surface area contributed by atoms with E-state index < -0.39 is 0 Å². The number of anilines is 5. The zero-order valence-electron chi connectivity index (χ0n) is 41.7. The van der Waals surface area contributed by atoms with Gasteiger partial charge in [0.2, 0.25) is 0 Å². The first-order valence-electron chi connectivity index (χ1n) is 25.4. The average molecular weight is 897 g/mol. The van der Waals surface area contributed by atoms with Gasteiger partial charge in [-0.05, 0) is 163 Å². The van der Waals surface area contributed by atoms with Gasteiger partial charge in [-0.1, -0.05) is 165 Å². The van der Waals surface area contributed by atoms with E-state index in [1.807, 2.05) is 0 Å². The Balaban J connectivity index is 1.19. The fourth-order valence-corrected chi connectivity index (χ4v) is 13.0. The molecule has 2 aliphatic carbocycles. The van der Waals surface area contributed by atoms with Gasteiger partial charge in [-0.2, -0.15) is 0 Å². The number of benzene rings is 8. The largest absolute Gasteiger partial charge is 0.456 e. The first-order chi connectivity index (χ1) is 33.1. The summed E-state index contributed by atoms with van der Waals surface area (Å²) in [4.78, 5) is 5.36. The van der Waals surface area contributed by atoms with Gasteiger partial charge in [0.25, 0.3) is 0 Å². The Morgan fingerprint density at radius 3 is 1.61 bits per heavy atom. The zero-order chi connectivity index (χ0) is 47.4. The van der Waals surface area contributed by atoms with E-state index in [9.17, 15) is 0 Å². The summed E-state index contributed by atoms with van der Waals surface area (Å²) >= 11 is 0. The molecule has 69 heavy (non-hydrogen) atoms. The van der Waals surface area contributed by atoms with Gasteiger partial charge in [-0.15, -0.1) is 0 Å². The maximum atomic E-state index is 7.09. The van der Waals surface area contributed by atoms with Crippen molar-refractivity contribution in [2.75, 3.05) is 9.71 Å². The molecule has 0 unspecified atom stereocenters. The lowest BCUT2D eigenvalue weighted by Crippen LogP contribution is -2.61. The summed E-state index contributed by atoms with van der Waals surface area (Å²) in [5.41, 5.74) is 25.3.